The summed E-state index contributed by atoms with van der Waals surface area (Å²) in [5.41, 5.74) is 0.216. The lowest BCUT2D eigenvalue weighted by atomic mass is 10.1. The second kappa shape index (κ2) is 6.22. The Kier molecular flexibility index (Phi) is 4.55. The molecule has 0 amide bonds. The number of halogens is 5. The maximum absolute atomic E-state index is 13.7. The van der Waals surface area contributed by atoms with Gasteiger partial charge in [0.25, 0.3) is 0 Å². The van der Waals surface area contributed by atoms with Gasteiger partial charge in [0.05, 0.1) is 12.4 Å². The standard InChI is InChI=1S/C13H9F5N2O2/c14-9-3-7(1-2-21)4-10(15)11(9)22-8-5-19-12(20-6-8)13(16,17)18/h3-6,21H,1-2H2. The monoisotopic (exact) mass is 320 g/mol. The number of nitrogens with zero attached hydrogens (tertiary/aromatic N) is 2. The van der Waals surface area contributed by atoms with E-state index in [0.29, 0.717) is 12.4 Å². The van der Waals surface area contributed by atoms with Gasteiger partial charge >= 0.3 is 6.18 Å². The molecular weight excluding hydrogens is 311 g/mol. The maximum atomic E-state index is 13.7. The zero-order valence-electron chi connectivity index (χ0n) is 10.9. The molecule has 1 aromatic heterocycles. The largest absolute Gasteiger partial charge is 0.451 e. The molecule has 0 bridgehead atoms. The first-order valence-corrected chi connectivity index (χ1v) is 5.97. The molecule has 0 spiro atoms. The number of aliphatic hydroxyl groups is 1. The highest BCUT2D eigenvalue weighted by atomic mass is 19.4. The fourth-order valence-electron chi connectivity index (χ4n) is 1.62. The quantitative estimate of drug-likeness (QED) is 0.880. The van der Waals surface area contributed by atoms with E-state index < -0.39 is 29.4 Å². The lowest BCUT2D eigenvalue weighted by molar-refractivity contribution is -0.145. The Morgan fingerprint density at radius 1 is 1.05 bits per heavy atom. The molecule has 0 unspecified atom stereocenters. The number of benzene rings is 1. The second-order valence-corrected chi connectivity index (χ2v) is 4.20. The summed E-state index contributed by atoms with van der Waals surface area (Å²) in [6.07, 6.45) is -3.34. The van der Waals surface area contributed by atoms with Gasteiger partial charge in [0.2, 0.25) is 5.82 Å². The van der Waals surface area contributed by atoms with Crippen molar-refractivity contribution < 1.29 is 31.8 Å². The van der Waals surface area contributed by atoms with Crippen LogP contribution in [0.1, 0.15) is 11.4 Å². The van der Waals surface area contributed by atoms with Crippen LogP contribution in [0.2, 0.25) is 0 Å². The summed E-state index contributed by atoms with van der Waals surface area (Å²) in [5.74, 6) is -4.63. The first-order chi connectivity index (χ1) is 10.3. The smallest absolute Gasteiger partial charge is 0.448 e. The summed E-state index contributed by atoms with van der Waals surface area (Å²) < 4.78 is 69.1. The van der Waals surface area contributed by atoms with Crippen molar-refractivity contribution in [3.05, 3.63) is 47.5 Å². The molecule has 22 heavy (non-hydrogen) atoms. The number of alkyl halides is 3. The molecule has 0 fully saturated rings. The van der Waals surface area contributed by atoms with Gasteiger partial charge in [0.15, 0.2) is 23.1 Å². The van der Waals surface area contributed by atoms with Crippen LogP contribution in [0.15, 0.2) is 24.5 Å². The maximum Gasteiger partial charge on any atom is 0.451 e. The Morgan fingerprint density at radius 2 is 1.59 bits per heavy atom. The molecular formula is C13H9F5N2O2. The Bertz CT molecular complexity index is 635. The van der Waals surface area contributed by atoms with Crippen molar-refractivity contribution in [2.45, 2.75) is 12.6 Å². The molecule has 0 saturated heterocycles. The van der Waals surface area contributed by atoms with Gasteiger partial charge in [0, 0.05) is 6.61 Å². The summed E-state index contributed by atoms with van der Waals surface area (Å²) in [5, 5.41) is 8.71. The molecule has 1 N–H and O–H groups in total. The van der Waals surface area contributed by atoms with Crippen LogP contribution >= 0.6 is 0 Å². The molecule has 0 aliphatic rings. The van der Waals surface area contributed by atoms with Crippen LogP contribution < -0.4 is 4.74 Å². The molecule has 0 aliphatic heterocycles. The van der Waals surface area contributed by atoms with Gasteiger partial charge in [-0.15, -0.1) is 0 Å². The van der Waals surface area contributed by atoms with E-state index in [0.717, 1.165) is 12.1 Å². The normalized spacial score (nSPS) is 11.5. The molecule has 2 aromatic rings. The number of hydrogen-bond donors (Lipinski definition) is 1. The fourth-order valence-corrected chi connectivity index (χ4v) is 1.62. The first kappa shape index (κ1) is 16.1. The predicted molar refractivity (Wildman–Crippen MR) is 64.3 cm³/mol. The zero-order chi connectivity index (χ0) is 16.3. The van der Waals surface area contributed by atoms with E-state index in [1.165, 1.54) is 0 Å². The topological polar surface area (TPSA) is 55.2 Å². The van der Waals surface area contributed by atoms with Crippen LogP contribution in [0.3, 0.4) is 0 Å². The Hall–Kier alpha value is -2.29. The van der Waals surface area contributed by atoms with Crippen LogP contribution in [-0.2, 0) is 12.6 Å². The highest BCUT2D eigenvalue weighted by molar-refractivity contribution is 5.34. The van der Waals surface area contributed by atoms with Gasteiger partial charge < -0.3 is 9.84 Å². The number of ether oxygens (including phenoxy) is 1. The van der Waals surface area contributed by atoms with Crippen LogP contribution in [-0.4, -0.2) is 21.7 Å². The molecule has 1 aromatic carbocycles. The van der Waals surface area contributed by atoms with Crippen molar-refractivity contribution in [3.63, 3.8) is 0 Å². The molecule has 0 radical (unpaired) electrons. The number of rotatable bonds is 4. The van der Waals surface area contributed by atoms with E-state index in [-0.39, 0.29) is 24.3 Å². The fraction of sp³-hybridized carbons (Fsp3) is 0.231. The molecule has 2 rings (SSSR count). The lowest BCUT2D eigenvalue weighted by Gasteiger charge is -2.10. The molecule has 9 heteroatoms. The van der Waals surface area contributed by atoms with Gasteiger partial charge in [-0.25, -0.2) is 18.7 Å². The van der Waals surface area contributed by atoms with Crippen molar-refractivity contribution in [3.8, 4) is 11.5 Å². The minimum atomic E-state index is -4.72. The third-order valence-electron chi connectivity index (χ3n) is 2.56. The third-order valence-corrected chi connectivity index (χ3v) is 2.56. The van der Waals surface area contributed by atoms with Crippen molar-refractivity contribution in [1.29, 1.82) is 0 Å². The average molecular weight is 320 g/mol. The number of aliphatic hydroxyl groups excluding tert-OH is 1. The average Bonchev–Trinajstić information content (AvgIpc) is 2.43. The Labute approximate surface area is 121 Å². The Balaban J connectivity index is 2.24. The van der Waals surface area contributed by atoms with E-state index in [1.807, 2.05) is 0 Å². The van der Waals surface area contributed by atoms with Crippen LogP contribution in [0.25, 0.3) is 0 Å². The zero-order valence-corrected chi connectivity index (χ0v) is 10.9. The predicted octanol–water partition coefficient (Wildman–Crippen LogP) is 3.10. The second-order valence-electron chi connectivity index (χ2n) is 4.20. The number of hydrogen-bond acceptors (Lipinski definition) is 4. The Morgan fingerprint density at radius 3 is 2.05 bits per heavy atom. The highest BCUT2D eigenvalue weighted by Crippen LogP contribution is 2.30. The summed E-state index contributed by atoms with van der Waals surface area (Å²) >= 11 is 0. The molecule has 1 heterocycles. The van der Waals surface area contributed by atoms with Gasteiger partial charge in [-0.05, 0) is 24.1 Å². The summed E-state index contributed by atoms with van der Waals surface area (Å²) in [6.45, 7) is -0.286. The molecule has 118 valence electrons. The van der Waals surface area contributed by atoms with Crippen molar-refractivity contribution in [2.24, 2.45) is 0 Å². The first-order valence-electron chi connectivity index (χ1n) is 5.97. The highest BCUT2D eigenvalue weighted by Gasteiger charge is 2.34. The molecule has 4 nitrogen and oxygen atoms in total. The minimum Gasteiger partial charge on any atom is -0.448 e. The van der Waals surface area contributed by atoms with Gasteiger partial charge in [0.1, 0.15) is 0 Å². The minimum absolute atomic E-state index is 0.0531. The lowest BCUT2D eigenvalue weighted by Crippen LogP contribution is -2.10. The van der Waals surface area contributed by atoms with E-state index in [9.17, 15) is 22.0 Å². The van der Waals surface area contributed by atoms with Crippen molar-refractivity contribution in [1.82, 2.24) is 9.97 Å². The van der Waals surface area contributed by atoms with Crippen LogP contribution in [0, 0.1) is 11.6 Å². The van der Waals surface area contributed by atoms with Crippen LogP contribution in [0.4, 0.5) is 22.0 Å². The van der Waals surface area contributed by atoms with Gasteiger partial charge in [-0.1, -0.05) is 0 Å². The SMILES string of the molecule is OCCc1cc(F)c(Oc2cnc(C(F)(F)F)nc2)c(F)c1. The molecule has 0 saturated carbocycles. The van der Waals surface area contributed by atoms with E-state index in [2.05, 4.69) is 9.97 Å². The van der Waals surface area contributed by atoms with E-state index >= 15 is 0 Å². The van der Waals surface area contributed by atoms with E-state index in [4.69, 9.17) is 9.84 Å². The van der Waals surface area contributed by atoms with Crippen LogP contribution in [0.5, 0.6) is 11.5 Å². The van der Waals surface area contributed by atoms with E-state index in [1.54, 1.807) is 0 Å². The van der Waals surface area contributed by atoms with Gasteiger partial charge in [-0.2, -0.15) is 13.2 Å². The van der Waals surface area contributed by atoms with Crippen molar-refractivity contribution >= 4 is 0 Å². The molecule has 0 atom stereocenters. The number of aromatic nitrogens is 2. The van der Waals surface area contributed by atoms with Crippen molar-refractivity contribution in [2.75, 3.05) is 6.61 Å². The van der Waals surface area contributed by atoms with Gasteiger partial charge in [-0.3, -0.25) is 0 Å². The molecule has 0 aliphatic carbocycles. The summed E-state index contributed by atoms with van der Waals surface area (Å²) in [7, 11) is 0. The summed E-state index contributed by atoms with van der Waals surface area (Å²) in [6, 6.07) is 1.92. The third kappa shape index (κ3) is 3.67. The summed E-state index contributed by atoms with van der Waals surface area (Å²) in [4.78, 5) is 6.03.